The van der Waals surface area contributed by atoms with Gasteiger partial charge in [0.05, 0.1) is 12.0 Å². The summed E-state index contributed by atoms with van der Waals surface area (Å²) < 4.78 is 5.14. The molecule has 228 valence electrons. The van der Waals surface area contributed by atoms with E-state index >= 15 is 0 Å². The van der Waals surface area contributed by atoms with Crippen LogP contribution in [0, 0.1) is 17.8 Å². The first-order valence-corrected chi connectivity index (χ1v) is 13.6. The van der Waals surface area contributed by atoms with Gasteiger partial charge in [0.2, 0.25) is 29.5 Å². The molecule has 14 heteroatoms. The summed E-state index contributed by atoms with van der Waals surface area (Å²) >= 11 is 0. The zero-order valence-corrected chi connectivity index (χ0v) is 24.5. The van der Waals surface area contributed by atoms with Gasteiger partial charge in [0, 0.05) is 13.6 Å². The zero-order valence-electron chi connectivity index (χ0n) is 24.5. The fourth-order valence-electron chi connectivity index (χ4n) is 4.10. The van der Waals surface area contributed by atoms with E-state index in [0.717, 1.165) is 0 Å². The summed E-state index contributed by atoms with van der Waals surface area (Å²) in [5, 5.41) is 20.0. The largest absolute Gasteiger partial charge is 0.464 e. The van der Waals surface area contributed by atoms with Gasteiger partial charge in [-0.3, -0.25) is 28.8 Å². The van der Waals surface area contributed by atoms with E-state index < -0.39 is 78.2 Å². The first-order valence-electron chi connectivity index (χ1n) is 13.6. The Kier molecular flexibility index (Phi) is 14.0. The molecule has 1 heterocycles. The van der Waals surface area contributed by atoms with Crippen molar-refractivity contribution in [3.05, 3.63) is 0 Å². The number of aliphatic hydroxyl groups is 1. The number of hydrogen-bond acceptors (Lipinski definition) is 9. The normalized spacial score (nSPS) is 28.2. The van der Waals surface area contributed by atoms with Crippen molar-refractivity contribution in [2.45, 2.75) is 84.7 Å². The SMILES string of the molecule is CC[C@@H](C)[C@@H]1NC(=O)[C@H](CC(C)C)N(C)C(=O)[C@H](C)COC(=O)CNC(=O)[C@H]([C@H](C)O)NC(=O)[C@H](CN)NC1=O. The molecular weight excluding hydrogens is 524 g/mol. The molecule has 0 aromatic heterocycles. The van der Waals surface area contributed by atoms with Gasteiger partial charge in [-0.2, -0.15) is 0 Å². The summed E-state index contributed by atoms with van der Waals surface area (Å²) in [6, 6.07) is -4.75. The second-order valence-electron chi connectivity index (χ2n) is 10.8. The maximum Gasteiger partial charge on any atom is 0.325 e. The third-order valence-electron chi connectivity index (χ3n) is 6.86. The van der Waals surface area contributed by atoms with Gasteiger partial charge in [-0.25, -0.2) is 0 Å². The van der Waals surface area contributed by atoms with Gasteiger partial charge >= 0.3 is 5.97 Å². The molecule has 40 heavy (non-hydrogen) atoms. The van der Waals surface area contributed by atoms with Crippen molar-refractivity contribution in [1.82, 2.24) is 26.2 Å². The summed E-state index contributed by atoms with van der Waals surface area (Å²) in [6.45, 7) is 8.95. The van der Waals surface area contributed by atoms with Crippen LogP contribution in [0.25, 0.3) is 0 Å². The second kappa shape index (κ2) is 16.1. The van der Waals surface area contributed by atoms with E-state index in [1.807, 2.05) is 20.8 Å². The Morgan fingerprint density at radius 2 is 1.55 bits per heavy atom. The van der Waals surface area contributed by atoms with Gasteiger partial charge in [0.1, 0.15) is 37.3 Å². The number of hydrogen-bond donors (Lipinski definition) is 6. The predicted octanol–water partition coefficient (Wildman–Crippen LogP) is -1.99. The molecule has 0 aromatic carbocycles. The molecule has 14 nitrogen and oxygen atoms in total. The number of carbonyl (C=O) groups is 6. The Morgan fingerprint density at radius 1 is 0.950 bits per heavy atom. The molecule has 1 aliphatic rings. The highest BCUT2D eigenvalue weighted by Gasteiger charge is 2.36. The Morgan fingerprint density at radius 3 is 2.08 bits per heavy atom. The number of amides is 5. The molecule has 0 radical (unpaired) electrons. The first kappa shape index (κ1) is 34.8. The number of nitrogens with zero attached hydrogens (tertiary/aromatic N) is 1. The van der Waals surface area contributed by atoms with E-state index in [-0.39, 0.29) is 25.0 Å². The number of nitrogens with two attached hydrogens (primary N) is 1. The highest BCUT2D eigenvalue weighted by molar-refractivity contribution is 5.96. The number of esters is 1. The minimum Gasteiger partial charge on any atom is -0.464 e. The summed E-state index contributed by atoms with van der Waals surface area (Å²) in [5.74, 6) is -5.37. The van der Waals surface area contributed by atoms with Crippen molar-refractivity contribution in [3.63, 3.8) is 0 Å². The van der Waals surface area contributed by atoms with Gasteiger partial charge in [0.25, 0.3) is 0 Å². The third-order valence-corrected chi connectivity index (χ3v) is 6.86. The first-order chi connectivity index (χ1) is 18.6. The van der Waals surface area contributed by atoms with E-state index in [0.29, 0.717) is 12.8 Å². The third kappa shape index (κ3) is 10.0. The van der Waals surface area contributed by atoms with Crippen LogP contribution in [0.1, 0.15) is 54.4 Å². The molecule has 0 aliphatic carbocycles. The van der Waals surface area contributed by atoms with Crippen LogP contribution < -0.4 is 27.0 Å². The van der Waals surface area contributed by atoms with Crippen LogP contribution in [0.4, 0.5) is 0 Å². The van der Waals surface area contributed by atoms with Gasteiger partial charge in [-0.05, 0) is 25.2 Å². The lowest BCUT2D eigenvalue weighted by molar-refractivity contribution is -0.150. The quantitative estimate of drug-likeness (QED) is 0.195. The molecule has 1 fully saturated rings. The summed E-state index contributed by atoms with van der Waals surface area (Å²) in [5.41, 5.74) is 5.74. The van der Waals surface area contributed by atoms with Crippen molar-refractivity contribution < 1.29 is 38.6 Å². The molecule has 0 aromatic rings. The van der Waals surface area contributed by atoms with Crippen LogP contribution in [0.3, 0.4) is 0 Å². The lowest BCUT2D eigenvalue weighted by Crippen LogP contribution is -2.62. The highest BCUT2D eigenvalue weighted by atomic mass is 16.5. The lowest BCUT2D eigenvalue weighted by atomic mass is 9.95. The van der Waals surface area contributed by atoms with Crippen LogP contribution in [-0.4, -0.2) is 103 Å². The van der Waals surface area contributed by atoms with Gasteiger partial charge in [-0.15, -0.1) is 0 Å². The van der Waals surface area contributed by atoms with Gasteiger partial charge in [0.15, 0.2) is 0 Å². The van der Waals surface area contributed by atoms with E-state index in [4.69, 9.17) is 10.5 Å². The van der Waals surface area contributed by atoms with Crippen LogP contribution >= 0.6 is 0 Å². The van der Waals surface area contributed by atoms with Crippen LogP contribution in [-0.2, 0) is 33.5 Å². The Hall–Kier alpha value is -3.26. The number of cyclic esters (lactones) is 1. The lowest BCUT2D eigenvalue weighted by Gasteiger charge is -2.33. The molecule has 7 N–H and O–H groups in total. The minimum atomic E-state index is -1.47. The Balaban J connectivity index is 3.47. The minimum absolute atomic E-state index is 0.0207. The molecule has 0 saturated carbocycles. The van der Waals surface area contributed by atoms with E-state index in [1.165, 1.54) is 18.9 Å². The van der Waals surface area contributed by atoms with Gasteiger partial charge in [-0.1, -0.05) is 41.0 Å². The average molecular weight is 571 g/mol. The van der Waals surface area contributed by atoms with Crippen molar-refractivity contribution in [2.75, 3.05) is 26.7 Å². The second-order valence-corrected chi connectivity index (χ2v) is 10.8. The molecule has 1 rings (SSSR count). The standard InChI is InChI=1S/C26H46N6O8/c1-8-14(4)20-25(38)29-17(10-27)22(35)31-21(16(6)33)24(37)28-11-19(34)40-12-15(5)26(39)32(7)18(9-13(2)3)23(36)30-20/h13-18,20-21,33H,8-12,27H2,1-7H3,(H,28,37)(H,29,38)(H,30,36)(H,31,35)/t14-,15-,16+,17+,18+,20+,21+/m1/s1. The topological polar surface area (TPSA) is 209 Å². The molecule has 0 spiro atoms. The molecule has 1 aliphatic heterocycles. The van der Waals surface area contributed by atoms with Crippen LogP contribution in [0.2, 0.25) is 0 Å². The number of ether oxygens (including phenoxy) is 1. The predicted molar refractivity (Wildman–Crippen MR) is 145 cm³/mol. The van der Waals surface area contributed by atoms with Crippen LogP contribution in [0.5, 0.6) is 0 Å². The van der Waals surface area contributed by atoms with E-state index in [2.05, 4.69) is 21.3 Å². The number of rotatable bonds is 6. The summed E-state index contributed by atoms with van der Waals surface area (Å²) in [7, 11) is 1.47. The smallest absolute Gasteiger partial charge is 0.325 e. The number of aliphatic hydroxyl groups excluding tert-OH is 1. The van der Waals surface area contributed by atoms with Crippen molar-refractivity contribution in [1.29, 1.82) is 0 Å². The monoisotopic (exact) mass is 570 g/mol. The van der Waals surface area contributed by atoms with Crippen molar-refractivity contribution in [3.8, 4) is 0 Å². The van der Waals surface area contributed by atoms with E-state index in [1.54, 1.807) is 13.8 Å². The molecular formula is C26H46N6O8. The van der Waals surface area contributed by atoms with Crippen molar-refractivity contribution in [2.24, 2.45) is 23.5 Å². The van der Waals surface area contributed by atoms with E-state index in [9.17, 15) is 33.9 Å². The summed E-state index contributed by atoms with van der Waals surface area (Å²) in [6.07, 6.45) is -0.550. The highest BCUT2D eigenvalue weighted by Crippen LogP contribution is 2.16. The molecule has 5 amide bonds. The number of carbonyl (C=O) groups excluding carboxylic acids is 6. The van der Waals surface area contributed by atoms with Crippen LogP contribution in [0.15, 0.2) is 0 Å². The molecule has 0 bridgehead atoms. The molecule has 1 saturated heterocycles. The summed E-state index contributed by atoms with van der Waals surface area (Å²) in [4.78, 5) is 79.1. The zero-order chi connectivity index (χ0) is 30.7. The van der Waals surface area contributed by atoms with Gasteiger partial charge < -0.3 is 41.7 Å². The number of likely N-dealkylation sites (N-methyl/N-ethyl adjacent to an activating group) is 1. The Labute approximate surface area is 235 Å². The maximum absolute atomic E-state index is 13.5. The molecule has 7 atom stereocenters. The number of nitrogens with one attached hydrogen (secondary N) is 4. The Bertz CT molecular complexity index is 927. The fraction of sp³-hybridized carbons (Fsp3) is 0.769. The average Bonchev–Trinajstić information content (AvgIpc) is 2.90. The molecule has 0 unspecified atom stereocenters. The fourth-order valence-corrected chi connectivity index (χ4v) is 4.10. The van der Waals surface area contributed by atoms with Crippen molar-refractivity contribution >= 4 is 35.5 Å². The maximum atomic E-state index is 13.5.